The molecule has 0 aliphatic rings. The van der Waals surface area contributed by atoms with Gasteiger partial charge in [0.2, 0.25) is 0 Å². The van der Waals surface area contributed by atoms with E-state index in [1.165, 1.54) is 0 Å². The Kier molecular flexibility index (Phi) is 4.59. The molecule has 1 rings (SSSR count). The fraction of sp³-hybridized carbons (Fsp3) is 0.357. The Bertz CT molecular complexity index is 446. The van der Waals surface area contributed by atoms with Gasteiger partial charge >= 0.3 is 5.97 Å². The molecule has 0 bridgehead atoms. The van der Waals surface area contributed by atoms with Crippen LogP contribution in [0.1, 0.15) is 29.3 Å². The van der Waals surface area contributed by atoms with Crippen LogP contribution in [0, 0.1) is 19.3 Å². The quantitative estimate of drug-likeness (QED) is 0.792. The standard InChI is InChI=1S/C14H17NO2/c1-4-8-15(9-5-2)13-7-6-12(14(16)17)10-11(13)3/h1,6-7,10H,5,8-9H2,2-3H3,(H,16,17). The summed E-state index contributed by atoms with van der Waals surface area (Å²) in [6, 6.07) is 5.12. The van der Waals surface area contributed by atoms with Crippen LogP contribution in [0.5, 0.6) is 0 Å². The summed E-state index contributed by atoms with van der Waals surface area (Å²) in [5.41, 5.74) is 2.26. The van der Waals surface area contributed by atoms with Crippen molar-refractivity contribution in [3.63, 3.8) is 0 Å². The maximum absolute atomic E-state index is 10.8. The minimum Gasteiger partial charge on any atom is -0.478 e. The first-order valence-corrected chi connectivity index (χ1v) is 5.62. The zero-order valence-corrected chi connectivity index (χ0v) is 10.2. The summed E-state index contributed by atoms with van der Waals surface area (Å²) in [4.78, 5) is 12.9. The molecule has 90 valence electrons. The molecule has 0 amide bonds. The van der Waals surface area contributed by atoms with Gasteiger partial charge in [0.25, 0.3) is 0 Å². The summed E-state index contributed by atoms with van der Waals surface area (Å²) in [6.07, 6.45) is 6.34. The highest BCUT2D eigenvalue weighted by molar-refractivity contribution is 5.88. The van der Waals surface area contributed by atoms with E-state index in [1.807, 2.05) is 13.0 Å². The average Bonchev–Trinajstić information content (AvgIpc) is 2.28. The Labute approximate surface area is 102 Å². The number of carboxylic acid groups (broad SMARTS) is 1. The molecule has 0 heterocycles. The van der Waals surface area contributed by atoms with E-state index in [0.29, 0.717) is 12.1 Å². The molecule has 3 heteroatoms. The maximum Gasteiger partial charge on any atom is 0.335 e. The second-order valence-corrected chi connectivity index (χ2v) is 3.93. The molecule has 0 aliphatic heterocycles. The topological polar surface area (TPSA) is 40.5 Å². The van der Waals surface area contributed by atoms with Crippen molar-refractivity contribution in [3.8, 4) is 12.3 Å². The molecule has 3 nitrogen and oxygen atoms in total. The number of anilines is 1. The third-order valence-corrected chi connectivity index (χ3v) is 2.56. The summed E-state index contributed by atoms with van der Waals surface area (Å²) in [6.45, 7) is 5.41. The van der Waals surface area contributed by atoms with Crippen molar-refractivity contribution < 1.29 is 9.90 Å². The largest absolute Gasteiger partial charge is 0.478 e. The maximum atomic E-state index is 10.8. The highest BCUT2D eigenvalue weighted by Crippen LogP contribution is 2.21. The Balaban J connectivity index is 3.04. The molecule has 0 radical (unpaired) electrons. The first kappa shape index (κ1) is 13.1. The van der Waals surface area contributed by atoms with Crippen LogP contribution >= 0.6 is 0 Å². The van der Waals surface area contributed by atoms with Crippen LogP contribution < -0.4 is 4.90 Å². The molecule has 0 aliphatic carbocycles. The fourth-order valence-corrected chi connectivity index (χ4v) is 1.81. The second-order valence-electron chi connectivity index (χ2n) is 3.93. The minimum absolute atomic E-state index is 0.309. The Hall–Kier alpha value is -1.95. The van der Waals surface area contributed by atoms with E-state index in [-0.39, 0.29) is 0 Å². The number of carboxylic acids is 1. The minimum atomic E-state index is -0.904. The van der Waals surface area contributed by atoms with Gasteiger partial charge in [0.05, 0.1) is 12.1 Å². The number of aryl methyl sites for hydroxylation is 1. The number of benzene rings is 1. The lowest BCUT2D eigenvalue weighted by Gasteiger charge is -2.23. The van der Waals surface area contributed by atoms with Crippen LogP contribution in [0.3, 0.4) is 0 Å². The van der Waals surface area contributed by atoms with E-state index < -0.39 is 5.97 Å². The predicted molar refractivity (Wildman–Crippen MR) is 69.5 cm³/mol. The summed E-state index contributed by atoms with van der Waals surface area (Å²) in [7, 11) is 0. The monoisotopic (exact) mass is 231 g/mol. The highest BCUT2D eigenvalue weighted by Gasteiger charge is 2.10. The molecule has 1 N–H and O–H groups in total. The van der Waals surface area contributed by atoms with Crippen LogP contribution in [0.2, 0.25) is 0 Å². The lowest BCUT2D eigenvalue weighted by atomic mass is 10.1. The van der Waals surface area contributed by atoms with Crippen LogP contribution in [0.25, 0.3) is 0 Å². The molecule has 0 saturated heterocycles. The molecule has 0 atom stereocenters. The Morgan fingerprint density at radius 1 is 1.53 bits per heavy atom. The van der Waals surface area contributed by atoms with E-state index in [1.54, 1.807) is 12.1 Å². The molecule has 0 aromatic heterocycles. The summed E-state index contributed by atoms with van der Waals surface area (Å²) in [5.74, 6) is 1.72. The van der Waals surface area contributed by atoms with E-state index in [4.69, 9.17) is 11.5 Å². The van der Waals surface area contributed by atoms with Gasteiger partial charge < -0.3 is 10.0 Å². The summed E-state index contributed by atoms with van der Waals surface area (Å²) >= 11 is 0. The molecular weight excluding hydrogens is 214 g/mol. The highest BCUT2D eigenvalue weighted by atomic mass is 16.4. The summed E-state index contributed by atoms with van der Waals surface area (Å²) in [5, 5.41) is 8.90. The molecule has 1 aromatic rings. The molecule has 0 fully saturated rings. The normalized spacial score (nSPS) is 9.71. The van der Waals surface area contributed by atoms with Gasteiger partial charge in [0, 0.05) is 12.2 Å². The van der Waals surface area contributed by atoms with E-state index >= 15 is 0 Å². The number of carbonyl (C=O) groups is 1. The van der Waals surface area contributed by atoms with Gasteiger partial charge in [-0.3, -0.25) is 0 Å². The number of terminal acetylenes is 1. The van der Waals surface area contributed by atoms with Gasteiger partial charge in [-0.1, -0.05) is 12.8 Å². The van der Waals surface area contributed by atoms with Gasteiger partial charge in [-0.25, -0.2) is 4.79 Å². The van der Waals surface area contributed by atoms with E-state index in [2.05, 4.69) is 17.7 Å². The van der Waals surface area contributed by atoms with Gasteiger partial charge in [0.15, 0.2) is 0 Å². The SMILES string of the molecule is C#CCN(CCC)c1ccc(C(=O)O)cc1C. The Morgan fingerprint density at radius 3 is 2.71 bits per heavy atom. The number of hydrogen-bond donors (Lipinski definition) is 1. The lowest BCUT2D eigenvalue weighted by Crippen LogP contribution is -2.25. The third kappa shape index (κ3) is 3.25. The van der Waals surface area contributed by atoms with Crippen molar-refractivity contribution >= 4 is 11.7 Å². The second kappa shape index (κ2) is 5.95. The number of nitrogens with zero attached hydrogens (tertiary/aromatic N) is 1. The van der Waals surface area contributed by atoms with Gasteiger partial charge in [0.1, 0.15) is 0 Å². The molecular formula is C14H17NO2. The van der Waals surface area contributed by atoms with Crippen LogP contribution in [-0.4, -0.2) is 24.2 Å². The smallest absolute Gasteiger partial charge is 0.335 e. The van der Waals surface area contributed by atoms with Crippen molar-refractivity contribution in [2.24, 2.45) is 0 Å². The van der Waals surface area contributed by atoms with Crippen LogP contribution in [0.4, 0.5) is 5.69 Å². The average molecular weight is 231 g/mol. The number of aromatic carboxylic acids is 1. The van der Waals surface area contributed by atoms with Crippen molar-refractivity contribution in [3.05, 3.63) is 29.3 Å². The van der Waals surface area contributed by atoms with Gasteiger partial charge in [-0.15, -0.1) is 6.42 Å². The molecule has 17 heavy (non-hydrogen) atoms. The number of rotatable bonds is 5. The molecule has 1 aromatic carbocycles. The zero-order valence-electron chi connectivity index (χ0n) is 10.2. The van der Waals surface area contributed by atoms with Gasteiger partial charge in [-0.2, -0.15) is 0 Å². The van der Waals surface area contributed by atoms with Crippen molar-refractivity contribution in [2.45, 2.75) is 20.3 Å². The van der Waals surface area contributed by atoms with Crippen molar-refractivity contribution in [1.82, 2.24) is 0 Å². The third-order valence-electron chi connectivity index (χ3n) is 2.56. The van der Waals surface area contributed by atoms with Gasteiger partial charge in [-0.05, 0) is 37.1 Å². The van der Waals surface area contributed by atoms with Crippen molar-refractivity contribution in [2.75, 3.05) is 18.0 Å². The lowest BCUT2D eigenvalue weighted by molar-refractivity contribution is 0.0697. The van der Waals surface area contributed by atoms with E-state index in [0.717, 1.165) is 24.2 Å². The van der Waals surface area contributed by atoms with Crippen LogP contribution in [0.15, 0.2) is 18.2 Å². The predicted octanol–water partition coefficient (Wildman–Crippen LogP) is 2.54. The summed E-state index contributed by atoms with van der Waals surface area (Å²) < 4.78 is 0. The first-order chi connectivity index (χ1) is 8.10. The van der Waals surface area contributed by atoms with Crippen molar-refractivity contribution in [1.29, 1.82) is 0 Å². The zero-order chi connectivity index (χ0) is 12.8. The molecule has 0 spiro atoms. The number of hydrogen-bond acceptors (Lipinski definition) is 2. The van der Waals surface area contributed by atoms with Crippen LogP contribution in [-0.2, 0) is 0 Å². The Morgan fingerprint density at radius 2 is 2.24 bits per heavy atom. The first-order valence-electron chi connectivity index (χ1n) is 5.62. The van der Waals surface area contributed by atoms with E-state index in [9.17, 15) is 4.79 Å². The molecule has 0 unspecified atom stereocenters. The molecule has 0 saturated carbocycles. The fourth-order valence-electron chi connectivity index (χ4n) is 1.81.